The van der Waals surface area contributed by atoms with Crippen molar-refractivity contribution in [1.82, 2.24) is 10.2 Å². The first-order valence-corrected chi connectivity index (χ1v) is 10.4. The summed E-state index contributed by atoms with van der Waals surface area (Å²) in [5, 5.41) is 20.9. The number of hydrogen-bond donors (Lipinski definition) is 2. The van der Waals surface area contributed by atoms with E-state index in [9.17, 15) is 13.5 Å². The molecule has 0 saturated heterocycles. The molecule has 0 spiro atoms. The third-order valence-electron chi connectivity index (χ3n) is 4.21. The quantitative estimate of drug-likeness (QED) is 0.496. The van der Waals surface area contributed by atoms with Crippen LogP contribution in [0.5, 0.6) is 11.5 Å². The number of sulfonamides is 1. The van der Waals surface area contributed by atoms with Crippen molar-refractivity contribution in [1.29, 1.82) is 0 Å². The number of aliphatic hydroxyl groups is 1. The molecule has 3 rings (SSSR count). The number of ether oxygens (including phenoxy) is 2. The Bertz CT molecular complexity index is 1070. The van der Waals surface area contributed by atoms with E-state index in [1.807, 2.05) is 0 Å². The largest absolute Gasteiger partial charge is 0.497 e. The van der Waals surface area contributed by atoms with E-state index in [1.165, 1.54) is 38.6 Å². The van der Waals surface area contributed by atoms with E-state index in [0.29, 0.717) is 17.3 Å². The average Bonchev–Trinajstić information content (AvgIpc) is 2.78. The van der Waals surface area contributed by atoms with Crippen molar-refractivity contribution >= 4 is 21.5 Å². The van der Waals surface area contributed by atoms with Gasteiger partial charge in [0.25, 0.3) is 10.0 Å². The minimum absolute atomic E-state index is 0.0709. The van der Waals surface area contributed by atoms with Gasteiger partial charge in [0.05, 0.1) is 31.3 Å². The van der Waals surface area contributed by atoms with Crippen LogP contribution in [0.4, 0.5) is 11.5 Å². The van der Waals surface area contributed by atoms with Gasteiger partial charge in [-0.05, 0) is 36.4 Å². The van der Waals surface area contributed by atoms with Gasteiger partial charge in [0.1, 0.15) is 17.7 Å². The molecule has 0 fully saturated rings. The molecule has 1 unspecified atom stereocenters. The highest BCUT2D eigenvalue weighted by Crippen LogP contribution is 2.35. The van der Waals surface area contributed by atoms with Crippen molar-refractivity contribution < 1.29 is 23.0 Å². The number of aromatic nitrogens is 2. The molecule has 1 atom stereocenters. The summed E-state index contributed by atoms with van der Waals surface area (Å²) in [6, 6.07) is 16.0. The summed E-state index contributed by atoms with van der Waals surface area (Å²) in [6.07, 6.45) is 0.210. The molecule has 158 valence electrons. The fourth-order valence-electron chi connectivity index (χ4n) is 2.79. The molecule has 9 nitrogen and oxygen atoms in total. The Morgan fingerprint density at radius 1 is 1.07 bits per heavy atom. The minimum Gasteiger partial charge on any atom is -0.497 e. The van der Waals surface area contributed by atoms with Gasteiger partial charge in [-0.1, -0.05) is 18.2 Å². The van der Waals surface area contributed by atoms with Crippen LogP contribution >= 0.6 is 0 Å². The van der Waals surface area contributed by atoms with E-state index in [4.69, 9.17) is 9.47 Å². The van der Waals surface area contributed by atoms with Gasteiger partial charge in [-0.15, -0.1) is 5.10 Å². The first-order valence-electron chi connectivity index (χ1n) is 8.98. The summed E-state index contributed by atoms with van der Waals surface area (Å²) in [7, 11) is -1.12. The molecule has 1 aromatic heterocycles. The van der Waals surface area contributed by atoms with Gasteiger partial charge in [-0.3, -0.25) is 4.31 Å². The van der Waals surface area contributed by atoms with Crippen LogP contribution in [-0.4, -0.2) is 50.7 Å². The summed E-state index contributed by atoms with van der Waals surface area (Å²) in [5.74, 6) is 1.05. The maximum absolute atomic E-state index is 13.5. The normalized spacial score (nSPS) is 12.1. The van der Waals surface area contributed by atoms with Crippen molar-refractivity contribution in [3.63, 3.8) is 0 Å². The van der Waals surface area contributed by atoms with Crippen molar-refractivity contribution in [3.05, 3.63) is 66.9 Å². The Morgan fingerprint density at radius 3 is 2.47 bits per heavy atom. The van der Waals surface area contributed by atoms with Crippen LogP contribution in [0, 0.1) is 0 Å². The maximum atomic E-state index is 13.5. The van der Waals surface area contributed by atoms with E-state index in [2.05, 4.69) is 15.5 Å². The molecule has 2 N–H and O–H groups in total. The molecule has 0 aliphatic heterocycles. The zero-order chi connectivity index (χ0) is 21.6. The molecule has 0 amide bonds. The topological polar surface area (TPSA) is 114 Å². The smallest absolute Gasteiger partial charge is 0.264 e. The minimum atomic E-state index is -4.04. The summed E-state index contributed by atoms with van der Waals surface area (Å²) in [4.78, 5) is 0.0709. The zero-order valence-electron chi connectivity index (χ0n) is 16.5. The first kappa shape index (κ1) is 21.3. The highest BCUT2D eigenvalue weighted by Gasteiger charge is 2.30. The van der Waals surface area contributed by atoms with Gasteiger partial charge < -0.3 is 19.9 Å². The number of rotatable bonds is 9. The van der Waals surface area contributed by atoms with Crippen LogP contribution in [0.1, 0.15) is 0 Å². The molecular formula is C20H22N4O5S. The number of benzene rings is 2. The molecule has 2 aromatic carbocycles. The van der Waals surface area contributed by atoms with Gasteiger partial charge in [0.2, 0.25) is 0 Å². The second kappa shape index (κ2) is 9.42. The van der Waals surface area contributed by atoms with Gasteiger partial charge in [0.15, 0.2) is 5.82 Å². The molecule has 0 radical (unpaired) electrons. The molecule has 30 heavy (non-hydrogen) atoms. The van der Waals surface area contributed by atoms with Gasteiger partial charge in [0, 0.05) is 12.3 Å². The van der Waals surface area contributed by atoms with Crippen LogP contribution < -0.4 is 19.1 Å². The number of nitrogens with zero attached hydrogens (tertiary/aromatic N) is 3. The molecule has 10 heteroatoms. The monoisotopic (exact) mass is 430 g/mol. The van der Waals surface area contributed by atoms with Crippen molar-refractivity contribution in [2.45, 2.75) is 11.1 Å². The second-order valence-electron chi connectivity index (χ2n) is 6.16. The summed E-state index contributed by atoms with van der Waals surface area (Å²) in [6.45, 7) is -0.322. The molecular weight excluding hydrogens is 408 g/mol. The standard InChI is InChI=1S/C20H22N4O5S/c1-28-15-10-11-18(29-2)17(13-15)24(30(26,27)16-7-4-3-5-8-16)14-20(25)22-19-9-6-12-21-23-19/h3-13,20,25H,14H2,1-2H3,(H,22,23). The second-order valence-corrected chi connectivity index (χ2v) is 8.02. The highest BCUT2D eigenvalue weighted by molar-refractivity contribution is 7.92. The number of aliphatic hydroxyl groups excluding tert-OH is 1. The number of nitrogens with one attached hydrogen (secondary N) is 1. The van der Waals surface area contributed by atoms with E-state index in [-0.39, 0.29) is 17.1 Å². The predicted octanol–water partition coefficient (Wildman–Crippen LogP) is 2.12. The molecule has 0 bridgehead atoms. The van der Waals surface area contributed by atoms with Crippen LogP contribution in [0.3, 0.4) is 0 Å². The lowest BCUT2D eigenvalue weighted by Crippen LogP contribution is -2.41. The molecule has 0 aliphatic rings. The molecule has 0 aliphatic carbocycles. The van der Waals surface area contributed by atoms with Crippen LogP contribution in [0.2, 0.25) is 0 Å². The van der Waals surface area contributed by atoms with Gasteiger partial charge in [-0.2, -0.15) is 5.10 Å². The van der Waals surface area contributed by atoms with Crippen molar-refractivity contribution in [2.75, 3.05) is 30.4 Å². The zero-order valence-corrected chi connectivity index (χ0v) is 17.3. The fourth-order valence-corrected chi connectivity index (χ4v) is 4.28. The van der Waals surface area contributed by atoms with E-state index < -0.39 is 16.3 Å². The Hall–Kier alpha value is -3.37. The third-order valence-corrected chi connectivity index (χ3v) is 6.01. The average molecular weight is 430 g/mol. The number of hydrogen-bond acceptors (Lipinski definition) is 8. The lowest BCUT2D eigenvalue weighted by molar-refractivity contribution is 0.212. The Balaban J connectivity index is 2.03. The predicted molar refractivity (Wildman–Crippen MR) is 112 cm³/mol. The van der Waals surface area contributed by atoms with Crippen molar-refractivity contribution in [3.8, 4) is 11.5 Å². The van der Waals surface area contributed by atoms with Gasteiger partial charge >= 0.3 is 0 Å². The SMILES string of the molecule is COc1ccc(OC)c(N(CC(O)Nc2cccnn2)S(=O)(=O)c2ccccc2)c1. The molecule has 1 heterocycles. The Labute approximate surface area is 175 Å². The summed E-state index contributed by atoms with van der Waals surface area (Å²) in [5.41, 5.74) is 0.223. The highest BCUT2D eigenvalue weighted by atomic mass is 32.2. The van der Waals surface area contributed by atoms with Gasteiger partial charge in [-0.25, -0.2) is 8.42 Å². The van der Waals surface area contributed by atoms with E-state index >= 15 is 0 Å². The Kier molecular flexibility index (Phi) is 6.70. The lowest BCUT2D eigenvalue weighted by Gasteiger charge is -2.28. The fraction of sp³-hybridized carbons (Fsp3) is 0.200. The summed E-state index contributed by atoms with van der Waals surface area (Å²) >= 11 is 0. The Morgan fingerprint density at radius 2 is 1.83 bits per heavy atom. The van der Waals surface area contributed by atoms with Crippen LogP contribution in [-0.2, 0) is 10.0 Å². The van der Waals surface area contributed by atoms with Crippen LogP contribution in [0.15, 0.2) is 71.8 Å². The summed E-state index contributed by atoms with van der Waals surface area (Å²) < 4.78 is 38.6. The molecule has 0 saturated carbocycles. The van der Waals surface area contributed by atoms with Crippen LogP contribution in [0.25, 0.3) is 0 Å². The number of anilines is 2. The number of methoxy groups -OCH3 is 2. The first-order chi connectivity index (χ1) is 14.5. The maximum Gasteiger partial charge on any atom is 0.264 e. The lowest BCUT2D eigenvalue weighted by atomic mass is 10.2. The van der Waals surface area contributed by atoms with E-state index in [0.717, 1.165) is 4.31 Å². The third kappa shape index (κ3) is 4.78. The van der Waals surface area contributed by atoms with Crippen molar-refractivity contribution in [2.24, 2.45) is 0 Å². The van der Waals surface area contributed by atoms with E-state index in [1.54, 1.807) is 42.5 Å². The molecule has 3 aromatic rings.